The molecule has 0 aromatic carbocycles. The predicted molar refractivity (Wildman–Crippen MR) is 78.7 cm³/mol. The minimum absolute atomic E-state index is 0.0757. The molecule has 1 aliphatic rings. The van der Waals surface area contributed by atoms with Crippen LogP contribution in [0.4, 0.5) is 5.82 Å². The fourth-order valence-electron chi connectivity index (χ4n) is 2.64. The summed E-state index contributed by atoms with van der Waals surface area (Å²) < 4.78 is 27.1. The van der Waals surface area contributed by atoms with Crippen LogP contribution >= 0.6 is 0 Å². The Morgan fingerprint density at radius 2 is 2.14 bits per heavy atom. The summed E-state index contributed by atoms with van der Waals surface area (Å²) in [5.74, 6) is 1.54. The van der Waals surface area contributed by atoms with E-state index < -0.39 is 10.0 Å². The summed E-state index contributed by atoms with van der Waals surface area (Å²) in [5, 5.41) is 12.5. The fraction of sp³-hybridized carbons (Fsp3) is 0.583. The summed E-state index contributed by atoms with van der Waals surface area (Å²) >= 11 is 0. The lowest BCUT2D eigenvalue weighted by Crippen LogP contribution is -2.47. The molecule has 1 unspecified atom stereocenters. The molecule has 0 bridgehead atoms. The lowest BCUT2D eigenvalue weighted by molar-refractivity contribution is 0.464. The summed E-state index contributed by atoms with van der Waals surface area (Å²) in [4.78, 5) is 2.09. The van der Waals surface area contributed by atoms with E-state index in [1.54, 1.807) is 4.52 Å². The van der Waals surface area contributed by atoms with Crippen molar-refractivity contribution in [2.75, 3.05) is 24.2 Å². The Bertz CT molecular complexity index is 756. The van der Waals surface area contributed by atoms with Crippen molar-refractivity contribution in [2.24, 2.45) is 0 Å². The lowest BCUT2D eigenvalue weighted by Gasteiger charge is -2.33. The van der Waals surface area contributed by atoms with E-state index in [0.717, 1.165) is 31.0 Å². The van der Waals surface area contributed by atoms with Gasteiger partial charge >= 0.3 is 0 Å². The van der Waals surface area contributed by atoms with Gasteiger partial charge in [0.15, 0.2) is 11.5 Å². The minimum Gasteiger partial charge on any atom is -0.354 e. The van der Waals surface area contributed by atoms with Crippen LogP contribution in [0.3, 0.4) is 0 Å². The van der Waals surface area contributed by atoms with E-state index in [1.807, 2.05) is 19.1 Å². The number of aromatic nitrogens is 4. The second kappa shape index (κ2) is 5.23. The van der Waals surface area contributed by atoms with Gasteiger partial charge in [0.1, 0.15) is 5.82 Å². The molecular formula is C12H18N6O2S. The average molecular weight is 310 g/mol. The maximum absolute atomic E-state index is 11.4. The third-order valence-electron chi connectivity index (χ3n) is 3.53. The number of sulfonamides is 1. The van der Waals surface area contributed by atoms with Crippen LogP contribution in [0.2, 0.25) is 0 Å². The van der Waals surface area contributed by atoms with Crippen molar-refractivity contribution < 1.29 is 8.42 Å². The molecule has 1 aliphatic heterocycles. The first-order chi connectivity index (χ1) is 9.92. The van der Waals surface area contributed by atoms with Crippen molar-refractivity contribution in [1.29, 1.82) is 0 Å². The number of nitrogens with zero attached hydrogens (tertiary/aromatic N) is 5. The molecule has 0 aliphatic carbocycles. The van der Waals surface area contributed by atoms with Crippen LogP contribution in [-0.2, 0) is 10.0 Å². The van der Waals surface area contributed by atoms with Crippen LogP contribution in [0.15, 0.2) is 12.1 Å². The number of rotatable bonds is 3. The zero-order valence-corrected chi connectivity index (χ0v) is 12.8. The van der Waals surface area contributed by atoms with E-state index in [2.05, 4.69) is 24.9 Å². The highest BCUT2D eigenvalue weighted by Gasteiger charge is 2.23. The van der Waals surface area contributed by atoms with Crippen molar-refractivity contribution in [3.63, 3.8) is 0 Å². The van der Waals surface area contributed by atoms with Gasteiger partial charge in [0, 0.05) is 19.1 Å². The molecule has 3 heterocycles. The third kappa shape index (κ3) is 3.13. The third-order valence-corrected chi connectivity index (χ3v) is 4.29. The molecule has 114 valence electrons. The van der Waals surface area contributed by atoms with Crippen molar-refractivity contribution in [2.45, 2.75) is 25.8 Å². The molecule has 8 nitrogen and oxygen atoms in total. The molecule has 0 saturated carbocycles. The number of fused-ring (bicyclic) bond motifs is 1. The second-order valence-corrected chi connectivity index (χ2v) is 7.16. The highest BCUT2D eigenvalue weighted by molar-refractivity contribution is 7.88. The van der Waals surface area contributed by atoms with E-state index >= 15 is 0 Å². The van der Waals surface area contributed by atoms with Gasteiger partial charge in [0.25, 0.3) is 0 Å². The van der Waals surface area contributed by atoms with E-state index in [-0.39, 0.29) is 6.04 Å². The first-order valence-electron chi connectivity index (χ1n) is 6.84. The molecule has 2 aromatic heterocycles. The lowest BCUT2D eigenvalue weighted by atomic mass is 10.1. The predicted octanol–water partition coefficient (Wildman–Crippen LogP) is -0.0493. The summed E-state index contributed by atoms with van der Waals surface area (Å²) in [7, 11) is -3.18. The highest BCUT2D eigenvalue weighted by atomic mass is 32.2. The Hall–Kier alpha value is -1.74. The van der Waals surface area contributed by atoms with E-state index in [9.17, 15) is 8.42 Å². The molecule has 0 radical (unpaired) electrons. The fourth-order valence-corrected chi connectivity index (χ4v) is 3.44. The largest absolute Gasteiger partial charge is 0.354 e. The van der Waals surface area contributed by atoms with Gasteiger partial charge in [-0.05, 0) is 31.9 Å². The summed E-state index contributed by atoms with van der Waals surface area (Å²) in [5.41, 5.74) is 0.707. The first-order valence-corrected chi connectivity index (χ1v) is 8.73. The number of piperidine rings is 1. The minimum atomic E-state index is -3.18. The molecule has 2 aromatic rings. The van der Waals surface area contributed by atoms with Gasteiger partial charge in [-0.25, -0.2) is 13.1 Å². The van der Waals surface area contributed by atoms with Gasteiger partial charge in [0.05, 0.1) is 6.26 Å². The normalized spacial score (nSPS) is 20.1. The molecular weight excluding hydrogens is 292 g/mol. The zero-order chi connectivity index (χ0) is 15.0. The molecule has 1 saturated heterocycles. The Labute approximate surface area is 123 Å². The van der Waals surface area contributed by atoms with Gasteiger partial charge < -0.3 is 4.90 Å². The van der Waals surface area contributed by atoms with Crippen LogP contribution < -0.4 is 9.62 Å². The van der Waals surface area contributed by atoms with Crippen LogP contribution in [0.25, 0.3) is 5.65 Å². The Morgan fingerprint density at radius 3 is 2.90 bits per heavy atom. The van der Waals surface area contributed by atoms with E-state index in [4.69, 9.17) is 0 Å². The Balaban J connectivity index is 1.82. The van der Waals surface area contributed by atoms with Crippen LogP contribution in [0.1, 0.15) is 18.7 Å². The maximum Gasteiger partial charge on any atom is 0.209 e. The van der Waals surface area contributed by atoms with E-state index in [0.29, 0.717) is 12.2 Å². The van der Waals surface area contributed by atoms with Crippen LogP contribution in [0.5, 0.6) is 0 Å². The molecule has 0 amide bonds. The number of hydrogen-bond acceptors (Lipinski definition) is 6. The second-order valence-electron chi connectivity index (χ2n) is 5.38. The number of hydrogen-bond donors (Lipinski definition) is 1. The number of anilines is 1. The molecule has 1 N–H and O–H groups in total. The molecule has 21 heavy (non-hydrogen) atoms. The Morgan fingerprint density at radius 1 is 1.33 bits per heavy atom. The van der Waals surface area contributed by atoms with E-state index in [1.165, 1.54) is 6.26 Å². The quantitative estimate of drug-likeness (QED) is 0.854. The SMILES string of the molecule is Cc1nnc2ccc(N3CCCC(NS(C)(=O)=O)C3)nn12. The molecule has 9 heteroatoms. The van der Waals surface area contributed by atoms with Crippen molar-refractivity contribution >= 4 is 21.5 Å². The van der Waals surface area contributed by atoms with Gasteiger partial charge in [-0.15, -0.1) is 15.3 Å². The smallest absolute Gasteiger partial charge is 0.209 e. The molecule has 3 rings (SSSR count). The summed E-state index contributed by atoms with van der Waals surface area (Å²) in [6, 6.07) is 3.69. The van der Waals surface area contributed by atoms with Gasteiger partial charge in [0.2, 0.25) is 10.0 Å². The van der Waals surface area contributed by atoms with Crippen molar-refractivity contribution in [3.8, 4) is 0 Å². The average Bonchev–Trinajstić information content (AvgIpc) is 2.78. The topological polar surface area (TPSA) is 92.5 Å². The van der Waals surface area contributed by atoms with Crippen molar-refractivity contribution in [3.05, 3.63) is 18.0 Å². The van der Waals surface area contributed by atoms with Crippen LogP contribution in [0, 0.1) is 6.92 Å². The zero-order valence-electron chi connectivity index (χ0n) is 12.0. The van der Waals surface area contributed by atoms with Crippen molar-refractivity contribution in [1.82, 2.24) is 24.5 Å². The maximum atomic E-state index is 11.4. The van der Waals surface area contributed by atoms with Gasteiger partial charge in [-0.3, -0.25) is 0 Å². The molecule has 1 atom stereocenters. The highest BCUT2D eigenvalue weighted by Crippen LogP contribution is 2.18. The number of aryl methyl sites for hydroxylation is 1. The van der Waals surface area contributed by atoms with Gasteiger partial charge in [-0.1, -0.05) is 0 Å². The number of nitrogens with one attached hydrogen (secondary N) is 1. The summed E-state index contributed by atoms with van der Waals surface area (Å²) in [6.07, 6.45) is 2.96. The monoisotopic (exact) mass is 310 g/mol. The molecule has 0 spiro atoms. The van der Waals surface area contributed by atoms with Crippen LogP contribution in [-0.4, -0.2) is 53.6 Å². The first kappa shape index (κ1) is 14.2. The Kier molecular flexibility index (Phi) is 3.54. The summed E-state index contributed by atoms with van der Waals surface area (Å²) in [6.45, 7) is 3.33. The molecule has 1 fully saturated rings. The van der Waals surface area contributed by atoms with Gasteiger partial charge in [-0.2, -0.15) is 4.52 Å². The standard InChI is InChI=1S/C12H18N6O2S/c1-9-13-14-11-5-6-12(15-18(9)11)17-7-3-4-10(8-17)16-21(2,19)20/h5-6,10,16H,3-4,7-8H2,1-2H3.